The van der Waals surface area contributed by atoms with Crippen LogP contribution in [0.2, 0.25) is 0 Å². The molecule has 1 heterocycles. The molecule has 2 rings (SSSR count). The van der Waals surface area contributed by atoms with Gasteiger partial charge in [-0.2, -0.15) is 5.26 Å². The van der Waals surface area contributed by atoms with Gasteiger partial charge in [-0.25, -0.2) is 4.79 Å². The van der Waals surface area contributed by atoms with Crippen molar-refractivity contribution in [2.24, 2.45) is 0 Å². The Kier molecular flexibility index (Phi) is 4.92. The average Bonchev–Trinajstić information content (AvgIpc) is 2.46. The van der Waals surface area contributed by atoms with E-state index in [1.807, 2.05) is 37.8 Å². The second-order valence-corrected chi connectivity index (χ2v) is 6.62. The van der Waals surface area contributed by atoms with Crippen molar-refractivity contribution in [2.45, 2.75) is 45.3 Å². The minimum Gasteiger partial charge on any atom is -0.490 e. The van der Waals surface area contributed by atoms with Crippen molar-refractivity contribution in [3.05, 3.63) is 29.8 Å². The Bertz CT molecular complexity index is 564. The van der Waals surface area contributed by atoms with Crippen LogP contribution in [0.5, 0.6) is 5.75 Å². The summed E-state index contributed by atoms with van der Waals surface area (Å²) in [6, 6.07) is 9.28. The van der Waals surface area contributed by atoms with Gasteiger partial charge in [-0.1, -0.05) is 6.07 Å². The third-order valence-electron chi connectivity index (χ3n) is 3.48. The van der Waals surface area contributed by atoms with Crippen LogP contribution in [0.25, 0.3) is 0 Å². The molecule has 5 nitrogen and oxygen atoms in total. The van der Waals surface area contributed by atoms with Crippen molar-refractivity contribution in [2.75, 3.05) is 13.1 Å². The SMILES string of the molecule is CC(C)(C)NC(=O)N1CCC(Oc2cccc(C#N)c2)CC1. The number of carbonyl (C=O) groups excluding carboxylic acids is 1. The van der Waals surface area contributed by atoms with Gasteiger partial charge in [-0.15, -0.1) is 0 Å². The summed E-state index contributed by atoms with van der Waals surface area (Å²) < 4.78 is 5.92. The van der Waals surface area contributed by atoms with Crippen molar-refractivity contribution in [1.82, 2.24) is 10.2 Å². The lowest BCUT2D eigenvalue weighted by Crippen LogP contribution is -2.51. The monoisotopic (exact) mass is 301 g/mol. The Hall–Kier alpha value is -2.22. The molecule has 22 heavy (non-hydrogen) atoms. The number of benzene rings is 1. The second-order valence-electron chi connectivity index (χ2n) is 6.62. The molecule has 5 heteroatoms. The molecular weight excluding hydrogens is 278 g/mol. The fourth-order valence-electron chi connectivity index (χ4n) is 2.41. The lowest BCUT2D eigenvalue weighted by atomic mass is 10.1. The van der Waals surface area contributed by atoms with E-state index < -0.39 is 0 Å². The molecule has 0 bridgehead atoms. The van der Waals surface area contributed by atoms with E-state index in [-0.39, 0.29) is 17.7 Å². The Morgan fingerprint density at radius 2 is 2.05 bits per heavy atom. The molecule has 1 aromatic rings. The van der Waals surface area contributed by atoms with Crippen LogP contribution in [0.4, 0.5) is 4.79 Å². The number of hydrogen-bond acceptors (Lipinski definition) is 3. The Morgan fingerprint density at radius 1 is 1.36 bits per heavy atom. The topological polar surface area (TPSA) is 65.4 Å². The van der Waals surface area contributed by atoms with E-state index in [1.54, 1.807) is 12.1 Å². The van der Waals surface area contributed by atoms with Crippen LogP contribution in [-0.2, 0) is 0 Å². The summed E-state index contributed by atoms with van der Waals surface area (Å²) in [6.07, 6.45) is 1.69. The molecule has 1 aliphatic rings. The maximum absolute atomic E-state index is 12.1. The number of nitriles is 1. The summed E-state index contributed by atoms with van der Waals surface area (Å²) in [4.78, 5) is 13.9. The number of amides is 2. The first kappa shape index (κ1) is 16.2. The standard InChI is InChI=1S/C17H23N3O2/c1-17(2,3)19-16(21)20-9-7-14(8-10-20)22-15-6-4-5-13(11-15)12-18/h4-6,11,14H,7-10H2,1-3H3,(H,19,21). The number of piperidine rings is 1. The molecule has 118 valence electrons. The van der Waals surface area contributed by atoms with E-state index in [1.165, 1.54) is 0 Å². The van der Waals surface area contributed by atoms with Crippen molar-refractivity contribution >= 4 is 6.03 Å². The molecule has 0 atom stereocenters. The highest BCUT2D eigenvalue weighted by Crippen LogP contribution is 2.20. The first-order valence-corrected chi connectivity index (χ1v) is 7.61. The van der Waals surface area contributed by atoms with Crippen molar-refractivity contribution in [3.8, 4) is 11.8 Å². The number of carbonyl (C=O) groups is 1. The van der Waals surface area contributed by atoms with Gasteiger partial charge in [0.05, 0.1) is 11.6 Å². The van der Waals surface area contributed by atoms with Gasteiger partial charge >= 0.3 is 6.03 Å². The molecule has 1 aliphatic heterocycles. The Morgan fingerprint density at radius 3 is 2.64 bits per heavy atom. The largest absolute Gasteiger partial charge is 0.490 e. The van der Waals surface area contributed by atoms with E-state index in [0.29, 0.717) is 18.7 Å². The first-order valence-electron chi connectivity index (χ1n) is 7.61. The number of ether oxygens (including phenoxy) is 1. The van der Waals surface area contributed by atoms with E-state index >= 15 is 0 Å². The van der Waals surface area contributed by atoms with Crippen LogP contribution < -0.4 is 10.1 Å². The van der Waals surface area contributed by atoms with Gasteiger partial charge in [0.1, 0.15) is 11.9 Å². The zero-order valence-electron chi connectivity index (χ0n) is 13.4. The zero-order chi connectivity index (χ0) is 16.2. The van der Waals surface area contributed by atoms with Crippen LogP contribution in [0.1, 0.15) is 39.2 Å². The summed E-state index contributed by atoms with van der Waals surface area (Å²) in [5, 5.41) is 11.9. The van der Waals surface area contributed by atoms with E-state index in [9.17, 15) is 4.79 Å². The minimum absolute atomic E-state index is 0.0163. The van der Waals surface area contributed by atoms with Gasteiger partial charge in [0.2, 0.25) is 0 Å². The van der Waals surface area contributed by atoms with E-state index in [0.717, 1.165) is 18.6 Å². The molecule has 0 aliphatic carbocycles. The highest BCUT2D eigenvalue weighted by molar-refractivity contribution is 5.75. The summed E-state index contributed by atoms with van der Waals surface area (Å²) in [6.45, 7) is 7.30. The van der Waals surface area contributed by atoms with Crippen molar-refractivity contribution in [3.63, 3.8) is 0 Å². The molecule has 0 spiro atoms. The molecule has 0 aromatic heterocycles. The fourth-order valence-corrected chi connectivity index (χ4v) is 2.41. The van der Waals surface area contributed by atoms with Crippen molar-refractivity contribution < 1.29 is 9.53 Å². The average molecular weight is 301 g/mol. The van der Waals surface area contributed by atoms with Crippen LogP contribution >= 0.6 is 0 Å². The van der Waals surface area contributed by atoms with Gasteiger partial charge in [0.15, 0.2) is 0 Å². The van der Waals surface area contributed by atoms with Gasteiger partial charge in [-0.3, -0.25) is 0 Å². The van der Waals surface area contributed by atoms with Gasteiger partial charge in [0, 0.05) is 31.5 Å². The predicted molar refractivity (Wildman–Crippen MR) is 84.7 cm³/mol. The summed E-state index contributed by atoms with van der Waals surface area (Å²) in [5.74, 6) is 0.719. The minimum atomic E-state index is -0.220. The predicted octanol–water partition coefficient (Wildman–Crippen LogP) is 2.91. The summed E-state index contributed by atoms with van der Waals surface area (Å²) >= 11 is 0. The number of hydrogen-bond donors (Lipinski definition) is 1. The molecule has 2 amide bonds. The molecule has 1 N–H and O–H groups in total. The number of likely N-dealkylation sites (tertiary alicyclic amines) is 1. The quantitative estimate of drug-likeness (QED) is 0.913. The maximum atomic E-state index is 12.1. The fraction of sp³-hybridized carbons (Fsp3) is 0.529. The van der Waals surface area contributed by atoms with E-state index in [4.69, 9.17) is 10.00 Å². The lowest BCUT2D eigenvalue weighted by Gasteiger charge is -2.34. The van der Waals surface area contributed by atoms with Gasteiger partial charge in [-0.05, 0) is 39.0 Å². The number of nitrogens with one attached hydrogen (secondary N) is 1. The summed E-state index contributed by atoms with van der Waals surface area (Å²) in [7, 11) is 0. The molecule has 1 saturated heterocycles. The molecule has 0 radical (unpaired) electrons. The third-order valence-corrected chi connectivity index (χ3v) is 3.48. The Labute approximate surface area is 131 Å². The van der Waals surface area contributed by atoms with Crippen LogP contribution in [-0.4, -0.2) is 35.7 Å². The maximum Gasteiger partial charge on any atom is 0.317 e. The smallest absolute Gasteiger partial charge is 0.317 e. The van der Waals surface area contributed by atoms with Crippen LogP contribution in [0, 0.1) is 11.3 Å². The molecule has 1 fully saturated rings. The molecule has 0 unspecified atom stereocenters. The second kappa shape index (κ2) is 6.69. The lowest BCUT2D eigenvalue weighted by molar-refractivity contribution is 0.108. The molecule has 0 saturated carbocycles. The first-order chi connectivity index (χ1) is 10.4. The highest BCUT2D eigenvalue weighted by atomic mass is 16.5. The van der Waals surface area contributed by atoms with Crippen LogP contribution in [0.3, 0.4) is 0 Å². The number of urea groups is 1. The summed E-state index contributed by atoms with van der Waals surface area (Å²) in [5.41, 5.74) is 0.377. The normalized spacial score (nSPS) is 16.0. The number of nitrogens with zero attached hydrogens (tertiary/aromatic N) is 2. The van der Waals surface area contributed by atoms with Crippen molar-refractivity contribution in [1.29, 1.82) is 5.26 Å². The molecule has 1 aromatic carbocycles. The number of rotatable bonds is 2. The third kappa shape index (κ3) is 4.66. The zero-order valence-corrected chi connectivity index (χ0v) is 13.4. The van der Waals surface area contributed by atoms with E-state index in [2.05, 4.69) is 11.4 Å². The highest BCUT2D eigenvalue weighted by Gasteiger charge is 2.26. The van der Waals surface area contributed by atoms with Gasteiger partial charge < -0.3 is 15.0 Å². The molecular formula is C17H23N3O2. The Balaban J connectivity index is 1.84. The van der Waals surface area contributed by atoms with Crippen LogP contribution in [0.15, 0.2) is 24.3 Å². The van der Waals surface area contributed by atoms with Gasteiger partial charge in [0.25, 0.3) is 0 Å².